The molecule has 12 heteroatoms. The predicted octanol–water partition coefficient (Wildman–Crippen LogP) is 11.7. The van der Waals surface area contributed by atoms with Gasteiger partial charge in [0, 0.05) is 45.1 Å². The first-order valence-corrected chi connectivity index (χ1v) is 24.1. The number of esters is 2. The molecule has 0 radical (unpaired) electrons. The van der Waals surface area contributed by atoms with Gasteiger partial charge in [-0.3, -0.25) is 18.6 Å². The van der Waals surface area contributed by atoms with Crippen molar-refractivity contribution in [1.82, 2.24) is 4.90 Å². The van der Waals surface area contributed by atoms with Gasteiger partial charge in [-0.05, 0) is 96.1 Å². The lowest BCUT2D eigenvalue weighted by atomic mass is 10.0. The number of likely N-dealkylation sites (N-methyl/N-ethyl adjacent to an activating group) is 1. The molecule has 0 saturated carbocycles. The maximum Gasteiger partial charge on any atom is 0.472 e. The lowest BCUT2D eigenvalue weighted by Gasteiger charge is -2.20. The van der Waals surface area contributed by atoms with Gasteiger partial charge in [0.05, 0.1) is 13.2 Å². The van der Waals surface area contributed by atoms with E-state index in [9.17, 15) is 19.0 Å². The quantitative estimate of drug-likeness (QED) is 0.0399. The van der Waals surface area contributed by atoms with Gasteiger partial charge in [0.1, 0.15) is 29.6 Å². The number of carbonyl (C=O) groups excluding carboxylic acids is 2. The minimum absolute atomic E-state index is 0.00618. The van der Waals surface area contributed by atoms with Crippen molar-refractivity contribution < 1.29 is 46.4 Å². The topological polar surface area (TPSA) is 138 Å². The van der Waals surface area contributed by atoms with Crippen LogP contribution < -0.4 is 0 Å². The second kappa shape index (κ2) is 30.6. The molecule has 2 atom stereocenters. The van der Waals surface area contributed by atoms with E-state index in [1.54, 1.807) is 0 Å². The maximum absolute atomic E-state index is 12.7. The molecule has 2 aromatic heterocycles. The van der Waals surface area contributed by atoms with E-state index in [2.05, 4.69) is 40.7 Å². The number of hydrogen-bond donors (Lipinski definition) is 1. The molecule has 1 N–H and O–H groups in total. The van der Waals surface area contributed by atoms with Crippen LogP contribution in [0.3, 0.4) is 0 Å². The van der Waals surface area contributed by atoms with Gasteiger partial charge >= 0.3 is 19.8 Å². The summed E-state index contributed by atoms with van der Waals surface area (Å²) in [6.45, 7) is 10.6. The highest BCUT2D eigenvalue weighted by Gasteiger charge is 2.26. The standard InChI is InChI=1S/C46H80NO10P/c1-8-10-21-27-40-34-37(3)42(55-40)28-22-17-13-11-12-14-19-24-30-45(48)52-35-41(36-54-58(50,51)53-33-32-47(6)7)56-46(49)31-25-20-16-15-18-23-29-44-39(5)38(4)43(57-44)26-9-2/h34,41H,8-33,35-36H2,1-7H3,(H,50,51)/t41-/m1/s1. The summed E-state index contributed by atoms with van der Waals surface area (Å²) in [6.07, 6.45) is 22.5. The van der Waals surface area contributed by atoms with E-state index in [-0.39, 0.29) is 26.1 Å². The number of carbonyl (C=O) groups is 2. The molecule has 0 aliphatic rings. The van der Waals surface area contributed by atoms with Crippen molar-refractivity contribution in [3.05, 3.63) is 45.8 Å². The van der Waals surface area contributed by atoms with Gasteiger partial charge in [0.25, 0.3) is 0 Å². The summed E-state index contributed by atoms with van der Waals surface area (Å²) in [5.41, 5.74) is 3.85. The van der Waals surface area contributed by atoms with E-state index in [4.69, 9.17) is 27.4 Å². The van der Waals surface area contributed by atoms with Crippen LogP contribution in [0.4, 0.5) is 0 Å². The molecule has 2 rings (SSSR count). The highest BCUT2D eigenvalue weighted by atomic mass is 31.2. The summed E-state index contributed by atoms with van der Waals surface area (Å²) in [5.74, 6) is 3.66. The molecule has 0 amide bonds. The van der Waals surface area contributed by atoms with Gasteiger partial charge in [-0.2, -0.15) is 0 Å². The Kier molecular flexibility index (Phi) is 27.3. The first kappa shape index (κ1) is 51.7. The average Bonchev–Trinajstić information content (AvgIpc) is 3.66. The third-order valence-corrected chi connectivity index (χ3v) is 11.7. The van der Waals surface area contributed by atoms with Crippen molar-refractivity contribution in [2.45, 2.75) is 195 Å². The zero-order chi connectivity index (χ0) is 42.6. The number of unbranched alkanes of at least 4 members (excludes halogenated alkanes) is 14. The zero-order valence-electron chi connectivity index (χ0n) is 37.5. The van der Waals surface area contributed by atoms with E-state index in [0.29, 0.717) is 19.4 Å². The molecule has 58 heavy (non-hydrogen) atoms. The molecule has 0 bridgehead atoms. The fourth-order valence-electron chi connectivity index (χ4n) is 6.98. The molecule has 0 aliphatic heterocycles. The van der Waals surface area contributed by atoms with Gasteiger partial charge in [0.2, 0.25) is 0 Å². The Morgan fingerprint density at radius 1 is 0.655 bits per heavy atom. The minimum atomic E-state index is -4.39. The Bertz CT molecular complexity index is 1450. The summed E-state index contributed by atoms with van der Waals surface area (Å²) in [6, 6.07) is 2.21. The second-order valence-electron chi connectivity index (χ2n) is 16.4. The number of aryl methyl sites for hydroxylation is 5. The van der Waals surface area contributed by atoms with Crippen molar-refractivity contribution in [3.63, 3.8) is 0 Å². The first-order chi connectivity index (χ1) is 27.8. The van der Waals surface area contributed by atoms with E-state index in [1.807, 2.05) is 19.0 Å². The third kappa shape index (κ3) is 23.4. The van der Waals surface area contributed by atoms with Crippen LogP contribution in [0.1, 0.15) is 182 Å². The Hall–Kier alpha value is -2.43. The van der Waals surface area contributed by atoms with Crippen LogP contribution in [0.2, 0.25) is 0 Å². The highest BCUT2D eigenvalue weighted by molar-refractivity contribution is 7.47. The normalized spacial score (nSPS) is 13.3. The molecule has 0 saturated heterocycles. The molecule has 0 aliphatic carbocycles. The van der Waals surface area contributed by atoms with E-state index in [0.717, 1.165) is 113 Å². The number of phosphoric acid groups is 1. The average molecular weight is 838 g/mol. The maximum atomic E-state index is 12.7. The number of rotatable bonds is 36. The number of hydrogen-bond acceptors (Lipinski definition) is 10. The molecule has 0 spiro atoms. The monoisotopic (exact) mass is 838 g/mol. The van der Waals surface area contributed by atoms with Gasteiger partial charge in [-0.15, -0.1) is 0 Å². The third-order valence-electron chi connectivity index (χ3n) is 10.7. The summed E-state index contributed by atoms with van der Waals surface area (Å²) < 4.78 is 45.8. The Balaban J connectivity index is 1.63. The van der Waals surface area contributed by atoms with Crippen LogP contribution in [0.15, 0.2) is 14.9 Å². The lowest BCUT2D eigenvalue weighted by Crippen LogP contribution is -2.29. The van der Waals surface area contributed by atoms with Crippen molar-refractivity contribution in [3.8, 4) is 0 Å². The number of ether oxygens (including phenoxy) is 2. The fraction of sp³-hybridized carbons (Fsp3) is 0.783. The fourth-order valence-corrected chi connectivity index (χ4v) is 7.73. The predicted molar refractivity (Wildman–Crippen MR) is 231 cm³/mol. The molecular weight excluding hydrogens is 757 g/mol. The SMILES string of the molecule is CCCCCc1cc(C)c(CCCCCCCCCCC(=O)OC[C@H](COP(=O)(O)OCCN(C)C)OC(=O)CCCCCCCCc2oc(CCC)c(C)c2C)o1. The smallest absolute Gasteiger partial charge is 0.466 e. The molecule has 0 fully saturated rings. The molecule has 334 valence electrons. The summed E-state index contributed by atoms with van der Waals surface area (Å²) in [5, 5.41) is 0. The molecular formula is C46H80NO10P. The minimum Gasteiger partial charge on any atom is -0.466 e. The van der Waals surface area contributed by atoms with Crippen LogP contribution in [0.5, 0.6) is 0 Å². The highest BCUT2D eigenvalue weighted by Crippen LogP contribution is 2.43. The first-order valence-electron chi connectivity index (χ1n) is 22.6. The number of phosphoric ester groups is 1. The van der Waals surface area contributed by atoms with Gasteiger partial charge in [0.15, 0.2) is 6.10 Å². The number of nitrogens with zero attached hydrogens (tertiary/aromatic N) is 1. The Labute approximate surface area is 351 Å². The van der Waals surface area contributed by atoms with Crippen molar-refractivity contribution in [2.24, 2.45) is 0 Å². The Morgan fingerprint density at radius 3 is 1.78 bits per heavy atom. The number of furan rings is 2. The molecule has 1 unspecified atom stereocenters. The van der Waals surface area contributed by atoms with Gasteiger partial charge in [-0.1, -0.05) is 90.9 Å². The van der Waals surface area contributed by atoms with Gasteiger partial charge in [-0.25, -0.2) is 4.57 Å². The summed E-state index contributed by atoms with van der Waals surface area (Å²) >= 11 is 0. The largest absolute Gasteiger partial charge is 0.472 e. The van der Waals surface area contributed by atoms with E-state index in [1.165, 1.54) is 55.2 Å². The zero-order valence-corrected chi connectivity index (χ0v) is 38.4. The van der Waals surface area contributed by atoms with E-state index < -0.39 is 32.5 Å². The van der Waals surface area contributed by atoms with E-state index >= 15 is 0 Å². The van der Waals surface area contributed by atoms with Crippen molar-refractivity contribution >= 4 is 19.8 Å². The van der Waals surface area contributed by atoms with Crippen molar-refractivity contribution in [2.75, 3.05) is 40.5 Å². The van der Waals surface area contributed by atoms with Crippen LogP contribution in [-0.4, -0.2) is 68.3 Å². The van der Waals surface area contributed by atoms with Gasteiger partial charge < -0.3 is 28.1 Å². The van der Waals surface area contributed by atoms with Crippen LogP contribution in [-0.2, 0) is 58.4 Å². The molecule has 11 nitrogen and oxygen atoms in total. The van der Waals surface area contributed by atoms with Crippen molar-refractivity contribution in [1.29, 1.82) is 0 Å². The lowest BCUT2D eigenvalue weighted by molar-refractivity contribution is -0.161. The van der Waals surface area contributed by atoms with Crippen LogP contribution >= 0.6 is 7.82 Å². The molecule has 2 aromatic rings. The molecule has 0 aromatic carbocycles. The van der Waals surface area contributed by atoms with Crippen LogP contribution in [0, 0.1) is 20.8 Å². The summed E-state index contributed by atoms with van der Waals surface area (Å²) in [7, 11) is -0.749. The summed E-state index contributed by atoms with van der Waals surface area (Å²) in [4.78, 5) is 37.3. The van der Waals surface area contributed by atoms with Crippen LogP contribution in [0.25, 0.3) is 0 Å². The Morgan fingerprint density at radius 2 is 1.19 bits per heavy atom. The second-order valence-corrected chi connectivity index (χ2v) is 17.8. The molecule has 2 heterocycles.